The number of benzene rings is 1. The van der Waals surface area contributed by atoms with E-state index in [1.807, 2.05) is 25.1 Å². The number of hydrogen-bond acceptors (Lipinski definition) is 6. The molecular weight excluding hydrogens is 338 g/mol. The summed E-state index contributed by atoms with van der Waals surface area (Å²) in [4.78, 5) is 30.1. The van der Waals surface area contributed by atoms with E-state index in [2.05, 4.69) is 15.3 Å². The molecule has 138 valence electrons. The van der Waals surface area contributed by atoms with Crippen LogP contribution in [0.5, 0.6) is 11.5 Å². The fourth-order valence-corrected chi connectivity index (χ4v) is 2.29. The first-order valence-electron chi connectivity index (χ1n) is 8.18. The first kappa shape index (κ1) is 19.2. The Hall–Kier alpha value is -3.16. The minimum absolute atomic E-state index is 0.0816. The van der Waals surface area contributed by atoms with Crippen molar-refractivity contribution in [2.45, 2.75) is 19.8 Å². The lowest BCUT2D eigenvalue weighted by atomic mass is 10.1. The molecule has 0 saturated carbocycles. The van der Waals surface area contributed by atoms with Gasteiger partial charge in [-0.2, -0.15) is 0 Å². The van der Waals surface area contributed by atoms with Gasteiger partial charge in [0.1, 0.15) is 5.69 Å². The molecule has 8 nitrogen and oxygen atoms in total. The highest BCUT2D eigenvalue weighted by atomic mass is 16.5. The number of aromatic nitrogens is 2. The lowest BCUT2D eigenvalue weighted by Gasteiger charge is -2.11. The quantitative estimate of drug-likeness (QED) is 0.658. The molecule has 0 saturated heterocycles. The van der Waals surface area contributed by atoms with Crippen molar-refractivity contribution < 1.29 is 24.2 Å². The molecule has 26 heavy (non-hydrogen) atoms. The predicted octanol–water partition coefficient (Wildman–Crippen LogP) is 1.94. The second-order valence-corrected chi connectivity index (χ2v) is 5.37. The molecule has 0 bridgehead atoms. The Morgan fingerprint density at radius 2 is 1.88 bits per heavy atom. The molecule has 0 aliphatic rings. The minimum atomic E-state index is -1.18. The Kier molecular flexibility index (Phi) is 6.90. The summed E-state index contributed by atoms with van der Waals surface area (Å²) in [6.07, 6.45) is 3.69. The van der Waals surface area contributed by atoms with E-state index in [0.29, 0.717) is 24.7 Å². The summed E-state index contributed by atoms with van der Waals surface area (Å²) in [7, 11) is 1.60. The number of ether oxygens (including phenoxy) is 2. The predicted molar refractivity (Wildman–Crippen MR) is 93.8 cm³/mol. The van der Waals surface area contributed by atoms with Crippen molar-refractivity contribution in [2.75, 3.05) is 20.3 Å². The highest BCUT2D eigenvalue weighted by Gasteiger charge is 2.10. The Morgan fingerprint density at radius 3 is 2.50 bits per heavy atom. The van der Waals surface area contributed by atoms with Crippen molar-refractivity contribution in [3.8, 4) is 11.5 Å². The fourth-order valence-electron chi connectivity index (χ4n) is 2.29. The zero-order valence-electron chi connectivity index (χ0n) is 14.7. The number of hydrogen-bond donors (Lipinski definition) is 2. The van der Waals surface area contributed by atoms with Crippen LogP contribution in [0.2, 0.25) is 0 Å². The van der Waals surface area contributed by atoms with Crippen LogP contribution in [0.25, 0.3) is 0 Å². The average molecular weight is 359 g/mol. The van der Waals surface area contributed by atoms with Gasteiger partial charge in [-0.25, -0.2) is 14.8 Å². The molecule has 8 heteroatoms. The monoisotopic (exact) mass is 359 g/mol. The number of aromatic carboxylic acids is 1. The highest BCUT2D eigenvalue weighted by Crippen LogP contribution is 2.28. The van der Waals surface area contributed by atoms with E-state index >= 15 is 0 Å². The maximum Gasteiger partial charge on any atom is 0.356 e. The van der Waals surface area contributed by atoms with Gasteiger partial charge >= 0.3 is 5.97 Å². The van der Waals surface area contributed by atoms with Crippen LogP contribution < -0.4 is 14.8 Å². The van der Waals surface area contributed by atoms with Crippen molar-refractivity contribution in [3.05, 3.63) is 47.5 Å². The van der Waals surface area contributed by atoms with Crippen LogP contribution in [-0.4, -0.2) is 47.2 Å². The van der Waals surface area contributed by atoms with Gasteiger partial charge in [0.2, 0.25) is 0 Å². The van der Waals surface area contributed by atoms with E-state index in [1.165, 1.54) is 0 Å². The van der Waals surface area contributed by atoms with Crippen LogP contribution in [0, 0.1) is 0 Å². The molecular formula is C18H21N3O5. The summed E-state index contributed by atoms with van der Waals surface area (Å²) in [5.41, 5.74) is 0.957. The fraction of sp³-hybridized carbons (Fsp3) is 0.333. The summed E-state index contributed by atoms with van der Waals surface area (Å²) in [5, 5.41) is 11.5. The van der Waals surface area contributed by atoms with Gasteiger partial charge < -0.3 is 19.9 Å². The van der Waals surface area contributed by atoms with E-state index in [-0.39, 0.29) is 17.3 Å². The number of carboxylic acids is 1. The van der Waals surface area contributed by atoms with E-state index in [0.717, 1.165) is 30.8 Å². The van der Waals surface area contributed by atoms with Gasteiger partial charge in [-0.15, -0.1) is 0 Å². The molecule has 1 aromatic heterocycles. The molecule has 0 aliphatic carbocycles. The first-order chi connectivity index (χ1) is 12.5. The second kappa shape index (κ2) is 9.36. The SMILES string of the molecule is CCOc1cc(CCCNC(=O)c2cnc(C(=O)O)cn2)ccc1OC. The van der Waals surface area contributed by atoms with Gasteiger partial charge in [0, 0.05) is 6.54 Å². The van der Waals surface area contributed by atoms with E-state index in [9.17, 15) is 9.59 Å². The van der Waals surface area contributed by atoms with Crippen LogP contribution in [0.3, 0.4) is 0 Å². The lowest BCUT2D eigenvalue weighted by Crippen LogP contribution is -2.26. The van der Waals surface area contributed by atoms with E-state index in [4.69, 9.17) is 14.6 Å². The number of rotatable bonds is 9. The molecule has 1 aromatic carbocycles. The summed E-state index contributed by atoms with van der Waals surface area (Å²) < 4.78 is 10.8. The van der Waals surface area contributed by atoms with Crippen molar-refractivity contribution in [2.24, 2.45) is 0 Å². The largest absolute Gasteiger partial charge is 0.493 e. The van der Waals surface area contributed by atoms with E-state index in [1.54, 1.807) is 7.11 Å². The number of carbonyl (C=O) groups excluding carboxylic acids is 1. The minimum Gasteiger partial charge on any atom is -0.493 e. The van der Waals surface area contributed by atoms with Gasteiger partial charge in [-0.05, 0) is 37.5 Å². The maximum atomic E-state index is 12.0. The maximum absolute atomic E-state index is 12.0. The third-order valence-electron chi connectivity index (χ3n) is 3.56. The van der Waals surface area contributed by atoms with Crippen LogP contribution in [-0.2, 0) is 6.42 Å². The zero-order chi connectivity index (χ0) is 18.9. The molecule has 1 amide bonds. The third-order valence-corrected chi connectivity index (χ3v) is 3.56. The molecule has 0 fully saturated rings. The highest BCUT2D eigenvalue weighted by molar-refractivity contribution is 5.92. The van der Waals surface area contributed by atoms with Gasteiger partial charge in [-0.1, -0.05) is 6.07 Å². The summed E-state index contributed by atoms with van der Waals surface area (Å²) >= 11 is 0. The summed E-state index contributed by atoms with van der Waals surface area (Å²) in [5.74, 6) is -0.188. The Balaban J connectivity index is 1.83. The molecule has 0 aliphatic heterocycles. The summed E-state index contributed by atoms with van der Waals surface area (Å²) in [6.45, 7) is 2.92. The van der Waals surface area contributed by atoms with Gasteiger partial charge in [0.05, 0.1) is 26.1 Å². The Bertz CT molecular complexity index is 762. The topological polar surface area (TPSA) is 111 Å². The number of methoxy groups -OCH3 is 1. The zero-order valence-corrected chi connectivity index (χ0v) is 14.7. The number of carboxylic acid groups (broad SMARTS) is 1. The van der Waals surface area contributed by atoms with Crippen molar-refractivity contribution in [1.29, 1.82) is 0 Å². The first-order valence-corrected chi connectivity index (χ1v) is 8.18. The van der Waals surface area contributed by atoms with Crippen LogP contribution in [0.1, 0.15) is 39.9 Å². The molecule has 1 heterocycles. The van der Waals surface area contributed by atoms with Gasteiger partial charge in [-0.3, -0.25) is 4.79 Å². The van der Waals surface area contributed by atoms with Gasteiger partial charge in [0.25, 0.3) is 5.91 Å². The van der Waals surface area contributed by atoms with Crippen LogP contribution >= 0.6 is 0 Å². The van der Waals surface area contributed by atoms with Crippen LogP contribution in [0.15, 0.2) is 30.6 Å². The molecule has 2 rings (SSSR count). The standard InChI is InChI=1S/C18H21N3O5/c1-3-26-16-9-12(6-7-15(16)25-2)5-4-8-19-17(22)13-10-21-14(11-20-13)18(23)24/h6-7,9-11H,3-5,8H2,1-2H3,(H,19,22)(H,23,24). The molecule has 0 spiro atoms. The normalized spacial score (nSPS) is 10.2. The number of nitrogens with zero attached hydrogens (tertiary/aromatic N) is 2. The number of amides is 1. The molecule has 0 unspecified atom stereocenters. The molecule has 0 radical (unpaired) electrons. The Morgan fingerprint density at radius 1 is 1.15 bits per heavy atom. The smallest absolute Gasteiger partial charge is 0.356 e. The van der Waals surface area contributed by atoms with E-state index < -0.39 is 5.97 Å². The average Bonchev–Trinajstić information content (AvgIpc) is 2.65. The molecule has 2 aromatic rings. The van der Waals surface area contributed by atoms with Crippen molar-refractivity contribution in [1.82, 2.24) is 15.3 Å². The second-order valence-electron chi connectivity index (χ2n) is 5.37. The van der Waals surface area contributed by atoms with Crippen molar-refractivity contribution in [3.63, 3.8) is 0 Å². The Labute approximate surface area is 151 Å². The lowest BCUT2D eigenvalue weighted by molar-refractivity contribution is 0.0689. The van der Waals surface area contributed by atoms with Crippen LogP contribution in [0.4, 0.5) is 0 Å². The number of nitrogens with one attached hydrogen (secondary N) is 1. The summed E-state index contributed by atoms with van der Waals surface area (Å²) in [6, 6.07) is 5.75. The molecule has 0 atom stereocenters. The van der Waals surface area contributed by atoms with Gasteiger partial charge in [0.15, 0.2) is 17.2 Å². The van der Waals surface area contributed by atoms with Crippen molar-refractivity contribution >= 4 is 11.9 Å². The third kappa shape index (κ3) is 5.17. The number of carbonyl (C=O) groups is 2. The number of aryl methyl sites for hydroxylation is 1. The molecule has 2 N–H and O–H groups in total.